The van der Waals surface area contributed by atoms with Crippen molar-refractivity contribution >= 4 is 11.9 Å². The lowest BCUT2D eigenvalue weighted by atomic mass is 10.2. The molecule has 0 spiro atoms. The van der Waals surface area contributed by atoms with Crippen molar-refractivity contribution in [3.63, 3.8) is 0 Å². The third-order valence-electron chi connectivity index (χ3n) is 2.61. The number of hydrogen-bond acceptors (Lipinski definition) is 5. The summed E-state index contributed by atoms with van der Waals surface area (Å²) in [7, 11) is 1.43. The van der Waals surface area contributed by atoms with E-state index in [9.17, 15) is 9.59 Å². The molecule has 8 nitrogen and oxygen atoms in total. The van der Waals surface area contributed by atoms with Crippen LogP contribution in [0.5, 0.6) is 0 Å². The van der Waals surface area contributed by atoms with Gasteiger partial charge < -0.3 is 14.9 Å². The topological polar surface area (TPSA) is 115 Å². The van der Waals surface area contributed by atoms with Gasteiger partial charge in [0.1, 0.15) is 5.69 Å². The van der Waals surface area contributed by atoms with Gasteiger partial charge in [-0.05, 0) is 24.3 Å². The fourth-order valence-electron chi connectivity index (χ4n) is 1.69. The van der Waals surface area contributed by atoms with Gasteiger partial charge in [-0.1, -0.05) is 5.21 Å². The first-order valence-corrected chi connectivity index (χ1v) is 5.55. The molecule has 1 heterocycles. The van der Waals surface area contributed by atoms with E-state index in [1.807, 2.05) is 0 Å². The van der Waals surface area contributed by atoms with Crippen molar-refractivity contribution in [2.45, 2.75) is 6.61 Å². The predicted octanol–water partition coefficient (Wildman–Crippen LogP) is 0.810. The van der Waals surface area contributed by atoms with Gasteiger partial charge in [-0.15, -0.1) is 5.10 Å². The maximum Gasteiger partial charge on any atom is 0.358 e. The Kier molecular flexibility index (Phi) is 3.76. The Morgan fingerprint density at radius 1 is 1.20 bits per heavy atom. The Morgan fingerprint density at radius 2 is 1.85 bits per heavy atom. The first-order valence-electron chi connectivity index (χ1n) is 5.55. The van der Waals surface area contributed by atoms with Crippen molar-refractivity contribution < 1.29 is 24.5 Å². The van der Waals surface area contributed by atoms with E-state index >= 15 is 0 Å². The Hall–Kier alpha value is -2.74. The van der Waals surface area contributed by atoms with Crippen molar-refractivity contribution in [1.82, 2.24) is 15.0 Å². The minimum absolute atomic E-state index is 0.0231. The maximum absolute atomic E-state index is 11.0. The molecule has 20 heavy (non-hydrogen) atoms. The first-order chi connectivity index (χ1) is 9.54. The van der Waals surface area contributed by atoms with E-state index in [-0.39, 0.29) is 23.6 Å². The summed E-state index contributed by atoms with van der Waals surface area (Å²) >= 11 is 0. The highest BCUT2D eigenvalue weighted by Gasteiger charge is 2.19. The molecule has 2 rings (SSSR count). The zero-order chi connectivity index (χ0) is 14.7. The minimum atomic E-state index is -1.20. The summed E-state index contributed by atoms with van der Waals surface area (Å²) in [6, 6.07) is 5.83. The molecule has 1 aromatic heterocycles. The summed E-state index contributed by atoms with van der Waals surface area (Å²) in [5, 5.41) is 25.2. The van der Waals surface area contributed by atoms with Crippen molar-refractivity contribution in [3.05, 3.63) is 41.2 Å². The Labute approximate surface area is 113 Å². The lowest BCUT2D eigenvalue weighted by Gasteiger charge is -2.06. The molecule has 2 aromatic rings. The van der Waals surface area contributed by atoms with Crippen LogP contribution in [-0.2, 0) is 11.3 Å². The number of carbonyl (C=O) groups is 2. The Balaban J connectivity index is 2.46. The fraction of sp³-hybridized carbons (Fsp3) is 0.167. The van der Waals surface area contributed by atoms with Crippen molar-refractivity contribution in [2.24, 2.45) is 0 Å². The molecule has 0 saturated carbocycles. The van der Waals surface area contributed by atoms with Gasteiger partial charge >= 0.3 is 11.9 Å². The third-order valence-corrected chi connectivity index (χ3v) is 2.61. The number of carboxylic acids is 2. The van der Waals surface area contributed by atoms with Gasteiger partial charge in [-0.3, -0.25) is 0 Å². The molecule has 2 N–H and O–H groups in total. The summed E-state index contributed by atoms with van der Waals surface area (Å²) < 4.78 is 6.25. The van der Waals surface area contributed by atoms with Crippen LogP contribution in [0.1, 0.15) is 26.5 Å². The van der Waals surface area contributed by atoms with E-state index in [1.54, 1.807) is 0 Å². The van der Waals surface area contributed by atoms with Crippen LogP contribution in [0.4, 0.5) is 0 Å². The highest BCUT2D eigenvalue weighted by atomic mass is 16.5. The monoisotopic (exact) mass is 277 g/mol. The maximum atomic E-state index is 11.0. The molecule has 104 valence electrons. The number of ether oxygens (including phenoxy) is 1. The smallest absolute Gasteiger partial charge is 0.358 e. The molecule has 0 bridgehead atoms. The number of methoxy groups -OCH3 is 1. The quantitative estimate of drug-likeness (QED) is 0.830. The fourth-order valence-corrected chi connectivity index (χ4v) is 1.69. The summed E-state index contributed by atoms with van der Waals surface area (Å²) in [5.74, 6) is -2.25. The predicted molar refractivity (Wildman–Crippen MR) is 66.0 cm³/mol. The molecule has 0 aliphatic rings. The molecular weight excluding hydrogens is 266 g/mol. The summed E-state index contributed by atoms with van der Waals surface area (Å²) in [6.45, 7) is 0.0231. The minimum Gasteiger partial charge on any atom is -0.478 e. The summed E-state index contributed by atoms with van der Waals surface area (Å²) in [6.07, 6.45) is 0. The van der Waals surface area contributed by atoms with E-state index < -0.39 is 11.9 Å². The summed E-state index contributed by atoms with van der Waals surface area (Å²) in [5.41, 5.74) is 0.708. The van der Waals surface area contributed by atoms with Gasteiger partial charge in [-0.25, -0.2) is 14.3 Å². The SMILES string of the molecule is COCc1c(C(=O)O)nnn1-c1ccc(C(=O)O)cc1. The van der Waals surface area contributed by atoms with E-state index in [0.717, 1.165) is 0 Å². The normalized spacial score (nSPS) is 10.4. The van der Waals surface area contributed by atoms with Gasteiger partial charge in [-0.2, -0.15) is 0 Å². The molecule has 0 radical (unpaired) electrons. The van der Waals surface area contributed by atoms with E-state index in [0.29, 0.717) is 5.69 Å². The van der Waals surface area contributed by atoms with Crippen LogP contribution in [0.25, 0.3) is 5.69 Å². The van der Waals surface area contributed by atoms with Gasteiger partial charge in [0.2, 0.25) is 0 Å². The van der Waals surface area contributed by atoms with Gasteiger partial charge in [0, 0.05) is 7.11 Å². The number of nitrogens with zero attached hydrogens (tertiary/aromatic N) is 3. The third kappa shape index (κ3) is 2.50. The molecule has 1 aromatic carbocycles. The van der Waals surface area contributed by atoms with E-state index in [2.05, 4.69) is 10.3 Å². The Bertz CT molecular complexity index is 648. The number of hydrogen-bond donors (Lipinski definition) is 2. The largest absolute Gasteiger partial charge is 0.478 e. The average molecular weight is 277 g/mol. The zero-order valence-electron chi connectivity index (χ0n) is 10.5. The molecular formula is C12H11N3O5. The van der Waals surface area contributed by atoms with Crippen LogP contribution in [0.2, 0.25) is 0 Å². The van der Waals surface area contributed by atoms with Gasteiger partial charge in [0.05, 0.1) is 17.9 Å². The molecule has 0 saturated heterocycles. The van der Waals surface area contributed by atoms with Crippen LogP contribution in [0.3, 0.4) is 0 Å². The number of carboxylic acid groups (broad SMARTS) is 2. The van der Waals surface area contributed by atoms with Crippen LogP contribution < -0.4 is 0 Å². The first kappa shape index (κ1) is 13.7. The molecule has 0 amide bonds. The van der Waals surface area contributed by atoms with Gasteiger partial charge in [0.15, 0.2) is 5.69 Å². The molecule has 0 aliphatic carbocycles. The van der Waals surface area contributed by atoms with Crippen molar-refractivity contribution in [2.75, 3.05) is 7.11 Å². The molecule has 0 fully saturated rings. The summed E-state index contributed by atoms with van der Waals surface area (Å²) in [4.78, 5) is 21.8. The van der Waals surface area contributed by atoms with Gasteiger partial charge in [0.25, 0.3) is 0 Å². The van der Waals surface area contributed by atoms with Crippen LogP contribution in [0, 0.1) is 0 Å². The molecule has 0 aliphatic heterocycles. The number of benzene rings is 1. The van der Waals surface area contributed by atoms with E-state index in [4.69, 9.17) is 14.9 Å². The van der Waals surface area contributed by atoms with Crippen molar-refractivity contribution in [3.8, 4) is 5.69 Å². The lowest BCUT2D eigenvalue weighted by Crippen LogP contribution is -2.08. The molecule has 0 unspecified atom stereocenters. The second kappa shape index (κ2) is 5.49. The molecule has 0 atom stereocenters. The highest BCUT2D eigenvalue weighted by molar-refractivity contribution is 5.88. The molecule has 8 heteroatoms. The average Bonchev–Trinajstić information content (AvgIpc) is 2.83. The number of rotatable bonds is 5. The highest BCUT2D eigenvalue weighted by Crippen LogP contribution is 2.15. The lowest BCUT2D eigenvalue weighted by molar-refractivity contribution is 0.0679. The number of aromatic carboxylic acids is 2. The second-order valence-corrected chi connectivity index (χ2v) is 3.89. The standard InChI is InChI=1S/C12H11N3O5/c1-20-6-9-10(12(18)19)13-14-15(9)8-4-2-7(3-5-8)11(16)17/h2-5H,6H2,1H3,(H,16,17)(H,18,19). The second-order valence-electron chi connectivity index (χ2n) is 3.89. The van der Waals surface area contributed by atoms with Crippen LogP contribution in [-0.4, -0.2) is 44.3 Å². The van der Waals surface area contributed by atoms with Crippen LogP contribution >= 0.6 is 0 Å². The number of aromatic nitrogens is 3. The van der Waals surface area contributed by atoms with Crippen molar-refractivity contribution in [1.29, 1.82) is 0 Å². The Morgan fingerprint density at radius 3 is 2.35 bits per heavy atom. The zero-order valence-corrected chi connectivity index (χ0v) is 10.5. The van der Waals surface area contributed by atoms with Crippen LogP contribution in [0.15, 0.2) is 24.3 Å². The van der Waals surface area contributed by atoms with E-state index in [1.165, 1.54) is 36.1 Å².